The van der Waals surface area contributed by atoms with Crippen LogP contribution in [0.5, 0.6) is 0 Å². The average Bonchev–Trinajstić information content (AvgIpc) is 2.38. The van der Waals surface area contributed by atoms with Gasteiger partial charge in [0.2, 0.25) is 0 Å². The zero-order valence-corrected chi connectivity index (χ0v) is 14.4. The monoisotopic (exact) mass is 311 g/mol. The van der Waals surface area contributed by atoms with Crippen molar-refractivity contribution in [1.82, 2.24) is 5.32 Å². The summed E-state index contributed by atoms with van der Waals surface area (Å²) in [6.07, 6.45) is 4.27. The number of benzene rings is 1. The molecule has 1 aliphatic rings. The minimum Gasteiger partial charge on any atom is -0.311 e. The van der Waals surface area contributed by atoms with E-state index in [0.717, 1.165) is 43.7 Å². The van der Waals surface area contributed by atoms with Crippen LogP contribution in [-0.2, 0) is 5.41 Å². The third-order valence-corrected chi connectivity index (χ3v) is 5.00. The molecule has 0 heterocycles. The molecule has 0 amide bonds. The van der Waals surface area contributed by atoms with E-state index in [1.54, 1.807) is 6.07 Å². The van der Waals surface area contributed by atoms with Crippen LogP contribution in [0.25, 0.3) is 0 Å². The normalized spacial score (nSPS) is 26.9. The molecule has 0 aromatic heterocycles. The van der Waals surface area contributed by atoms with Gasteiger partial charge < -0.3 is 5.32 Å². The van der Waals surface area contributed by atoms with Crippen molar-refractivity contribution >= 4 is 11.6 Å². The summed E-state index contributed by atoms with van der Waals surface area (Å²) >= 11 is 6.37. The van der Waals surface area contributed by atoms with Gasteiger partial charge in [-0.3, -0.25) is 0 Å². The minimum absolute atomic E-state index is 0.0216. The van der Waals surface area contributed by atoms with Gasteiger partial charge in [0.15, 0.2) is 0 Å². The molecule has 1 saturated carbocycles. The Morgan fingerprint density at radius 2 is 1.90 bits per heavy atom. The van der Waals surface area contributed by atoms with Crippen LogP contribution in [0.4, 0.5) is 4.39 Å². The molecule has 0 spiro atoms. The third-order valence-electron chi connectivity index (χ3n) is 4.68. The molecule has 0 bridgehead atoms. The van der Waals surface area contributed by atoms with Gasteiger partial charge in [0.1, 0.15) is 5.82 Å². The second kappa shape index (κ2) is 6.26. The van der Waals surface area contributed by atoms with E-state index in [-0.39, 0.29) is 16.8 Å². The maximum atomic E-state index is 14.5. The summed E-state index contributed by atoms with van der Waals surface area (Å²) < 4.78 is 14.5. The second-order valence-corrected chi connectivity index (χ2v) is 8.07. The molecule has 0 saturated heterocycles. The number of hydrogen-bond donors (Lipinski definition) is 1. The lowest BCUT2D eigenvalue weighted by Crippen LogP contribution is -2.48. The van der Waals surface area contributed by atoms with Gasteiger partial charge in [0.25, 0.3) is 0 Å². The Morgan fingerprint density at radius 3 is 2.43 bits per heavy atom. The SMILES string of the molecule is CC1CCC(CNC(C)(C)C)(c2c(F)cccc2Cl)CC1. The Labute approximate surface area is 133 Å². The summed E-state index contributed by atoms with van der Waals surface area (Å²) in [4.78, 5) is 0. The van der Waals surface area contributed by atoms with Crippen LogP contribution in [0.3, 0.4) is 0 Å². The first kappa shape index (κ1) is 16.8. The lowest BCUT2D eigenvalue weighted by molar-refractivity contribution is 0.212. The third kappa shape index (κ3) is 3.98. The predicted octanol–water partition coefficient (Wildman–Crippen LogP) is 5.32. The molecule has 3 heteroatoms. The summed E-state index contributed by atoms with van der Waals surface area (Å²) in [6, 6.07) is 5.05. The highest BCUT2D eigenvalue weighted by Crippen LogP contribution is 2.44. The zero-order chi connectivity index (χ0) is 15.7. The van der Waals surface area contributed by atoms with Crippen molar-refractivity contribution in [2.75, 3.05) is 6.54 Å². The molecule has 0 aliphatic heterocycles. The zero-order valence-electron chi connectivity index (χ0n) is 13.6. The van der Waals surface area contributed by atoms with E-state index in [2.05, 4.69) is 33.0 Å². The van der Waals surface area contributed by atoms with Crippen molar-refractivity contribution in [2.24, 2.45) is 5.92 Å². The predicted molar refractivity (Wildman–Crippen MR) is 88.5 cm³/mol. The van der Waals surface area contributed by atoms with Crippen molar-refractivity contribution in [3.8, 4) is 0 Å². The van der Waals surface area contributed by atoms with Crippen LogP contribution in [0, 0.1) is 11.7 Å². The summed E-state index contributed by atoms with van der Waals surface area (Å²) in [5, 5.41) is 4.14. The number of halogens is 2. The molecule has 1 aliphatic carbocycles. The maximum Gasteiger partial charge on any atom is 0.128 e. The quantitative estimate of drug-likeness (QED) is 0.797. The standard InChI is InChI=1S/C18H27ClFN/c1-13-8-10-18(11-9-13,12-21-17(2,3)4)16-14(19)6-5-7-15(16)20/h5-7,13,21H,8-12H2,1-4H3. The van der Waals surface area contributed by atoms with E-state index < -0.39 is 0 Å². The van der Waals surface area contributed by atoms with Crippen LogP contribution >= 0.6 is 11.6 Å². The first-order valence-electron chi connectivity index (χ1n) is 7.93. The summed E-state index contributed by atoms with van der Waals surface area (Å²) in [7, 11) is 0. The Kier molecular flexibility index (Phi) is 4.99. The van der Waals surface area contributed by atoms with Gasteiger partial charge in [-0.2, -0.15) is 0 Å². The van der Waals surface area contributed by atoms with Crippen molar-refractivity contribution in [3.63, 3.8) is 0 Å². The molecule has 0 atom stereocenters. The van der Waals surface area contributed by atoms with Gasteiger partial charge >= 0.3 is 0 Å². The van der Waals surface area contributed by atoms with Gasteiger partial charge in [0, 0.05) is 28.1 Å². The fourth-order valence-corrected chi connectivity index (χ4v) is 3.63. The molecular formula is C18H27ClFN. The van der Waals surface area contributed by atoms with Gasteiger partial charge in [0.05, 0.1) is 0 Å². The highest BCUT2D eigenvalue weighted by Gasteiger charge is 2.39. The van der Waals surface area contributed by atoms with Crippen LogP contribution < -0.4 is 5.32 Å². The molecular weight excluding hydrogens is 285 g/mol. The summed E-state index contributed by atoms with van der Waals surface area (Å²) in [5.41, 5.74) is 0.561. The summed E-state index contributed by atoms with van der Waals surface area (Å²) in [6.45, 7) is 9.51. The van der Waals surface area contributed by atoms with E-state index in [4.69, 9.17) is 11.6 Å². The molecule has 21 heavy (non-hydrogen) atoms. The van der Waals surface area contributed by atoms with Crippen LogP contribution in [0.15, 0.2) is 18.2 Å². The minimum atomic E-state index is -0.178. The Morgan fingerprint density at radius 1 is 1.29 bits per heavy atom. The first-order valence-corrected chi connectivity index (χ1v) is 8.31. The summed E-state index contributed by atoms with van der Waals surface area (Å²) in [5.74, 6) is 0.561. The molecule has 1 N–H and O–H groups in total. The first-order chi connectivity index (χ1) is 9.73. The average molecular weight is 312 g/mol. The van der Waals surface area contributed by atoms with Crippen LogP contribution in [0.2, 0.25) is 5.02 Å². The lowest BCUT2D eigenvalue weighted by atomic mass is 9.66. The topological polar surface area (TPSA) is 12.0 Å². The number of hydrogen-bond acceptors (Lipinski definition) is 1. The number of rotatable bonds is 3. The smallest absolute Gasteiger partial charge is 0.128 e. The molecule has 0 radical (unpaired) electrons. The Hall–Kier alpha value is -0.600. The van der Waals surface area contributed by atoms with Crippen LogP contribution in [-0.4, -0.2) is 12.1 Å². The van der Waals surface area contributed by atoms with Gasteiger partial charge in [-0.15, -0.1) is 0 Å². The molecule has 1 fully saturated rings. The maximum absolute atomic E-state index is 14.5. The Balaban J connectivity index is 2.36. The molecule has 1 aromatic carbocycles. The van der Waals surface area contributed by atoms with Gasteiger partial charge in [-0.05, 0) is 64.5 Å². The van der Waals surface area contributed by atoms with E-state index in [9.17, 15) is 4.39 Å². The molecule has 1 aromatic rings. The fourth-order valence-electron chi connectivity index (χ4n) is 3.27. The fraction of sp³-hybridized carbons (Fsp3) is 0.667. The van der Waals surface area contributed by atoms with E-state index in [0.29, 0.717) is 5.02 Å². The molecule has 2 rings (SSSR count). The molecule has 118 valence electrons. The van der Waals surface area contributed by atoms with Gasteiger partial charge in [-0.1, -0.05) is 24.6 Å². The van der Waals surface area contributed by atoms with Crippen molar-refractivity contribution in [2.45, 2.75) is 64.3 Å². The van der Waals surface area contributed by atoms with E-state index in [1.807, 2.05) is 6.07 Å². The number of nitrogens with one attached hydrogen (secondary N) is 1. The van der Waals surface area contributed by atoms with E-state index in [1.165, 1.54) is 6.07 Å². The van der Waals surface area contributed by atoms with Crippen molar-refractivity contribution < 1.29 is 4.39 Å². The largest absolute Gasteiger partial charge is 0.311 e. The highest BCUT2D eigenvalue weighted by atomic mass is 35.5. The van der Waals surface area contributed by atoms with Crippen molar-refractivity contribution in [3.05, 3.63) is 34.6 Å². The van der Waals surface area contributed by atoms with Crippen LogP contribution in [0.1, 0.15) is 58.9 Å². The van der Waals surface area contributed by atoms with Crippen molar-refractivity contribution in [1.29, 1.82) is 0 Å². The van der Waals surface area contributed by atoms with E-state index >= 15 is 0 Å². The molecule has 0 unspecified atom stereocenters. The Bertz CT molecular complexity index is 464. The lowest BCUT2D eigenvalue weighted by Gasteiger charge is -2.42. The van der Waals surface area contributed by atoms with Gasteiger partial charge in [-0.25, -0.2) is 4.39 Å². The molecule has 1 nitrogen and oxygen atoms in total. The highest BCUT2D eigenvalue weighted by molar-refractivity contribution is 6.31. The second-order valence-electron chi connectivity index (χ2n) is 7.66.